The molecule has 2 N–H and O–H groups in total. The van der Waals surface area contributed by atoms with Crippen LogP contribution in [0.3, 0.4) is 0 Å². The predicted octanol–water partition coefficient (Wildman–Crippen LogP) is 3.43. The Morgan fingerprint density at radius 1 is 1.29 bits per heavy atom. The first-order chi connectivity index (χ1) is 8.30. The lowest BCUT2D eigenvalue weighted by molar-refractivity contribution is 0.115. The Hall–Kier alpha value is -1.02. The Bertz CT molecular complexity index is 338. The molecular weight excluding hydrogens is 210 g/mol. The highest BCUT2D eigenvalue weighted by Gasteiger charge is 2.39. The van der Waals surface area contributed by atoms with Crippen molar-refractivity contribution >= 4 is 5.69 Å². The Balaban J connectivity index is 2.17. The van der Waals surface area contributed by atoms with Crippen LogP contribution in [0.4, 0.5) is 5.69 Å². The molecule has 2 heteroatoms. The molecule has 0 bridgehead atoms. The SMILES string of the molecule is CCC1CCCCC1(CO)Nc1ccccc1. The first-order valence-electron chi connectivity index (χ1n) is 6.75. The van der Waals surface area contributed by atoms with Crippen molar-refractivity contribution in [3.8, 4) is 0 Å². The third kappa shape index (κ3) is 2.63. The number of aliphatic hydroxyl groups is 1. The summed E-state index contributed by atoms with van der Waals surface area (Å²) in [5.41, 5.74) is 1.02. The van der Waals surface area contributed by atoms with E-state index in [9.17, 15) is 5.11 Å². The summed E-state index contributed by atoms with van der Waals surface area (Å²) in [5.74, 6) is 0.585. The van der Waals surface area contributed by atoms with Crippen molar-refractivity contribution in [2.75, 3.05) is 11.9 Å². The van der Waals surface area contributed by atoms with Crippen molar-refractivity contribution < 1.29 is 5.11 Å². The van der Waals surface area contributed by atoms with Crippen LogP contribution in [0.5, 0.6) is 0 Å². The third-order valence-electron chi connectivity index (χ3n) is 4.15. The van der Waals surface area contributed by atoms with Gasteiger partial charge in [-0.2, -0.15) is 0 Å². The van der Waals surface area contributed by atoms with Gasteiger partial charge in [0.2, 0.25) is 0 Å². The number of aliphatic hydroxyl groups excluding tert-OH is 1. The van der Waals surface area contributed by atoms with Crippen LogP contribution in [0.1, 0.15) is 39.0 Å². The second kappa shape index (κ2) is 5.54. The highest BCUT2D eigenvalue weighted by atomic mass is 16.3. The van der Waals surface area contributed by atoms with E-state index in [2.05, 4.69) is 24.4 Å². The van der Waals surface area contributed by atoms with Gasteiger partial charge in [-0.25, -0.2) is 0 Å². The van der Waals surface area contributed by atoms with Gasteiger partial charge in [0.05, 0.1) is 12.1 Å². The van der Waals surface area contributed by atoms with Crippen LogP contribution in [0.15, 0.2) is 30.3 Å². The molecule has 0 saturated heterocycles. The molecule has 0 amide bonds. The first-order valence-corrected chi connectivity index (χ1v) is 6.75. The summed E-state index contributed by atoms with van der Waals surface area (Å²) in [7, 11) is 0. The Morgan fingerprint density at radius 3 is 2.71 bits per heavy atom. The molecule has 17 heavy (non-hydrogen) atoms. The molecule has 0 heterocycles. The molecule has 94 valence electrons. The Morgan fingerprint density at radius 2 is 2.06 bits per heavy atom. The summed E-state index contributed by atoms with van der Waals surface area (Å²) in [4.78, 5) is 0. The van der Waals surface area contributed by atoms with Crippen LogP contribution in [-0.4, -0.2) is 17.3 Å². The lowest BCUT2D eigenvalue weighted by Crippen LogP contribution is -2.50. The minimum absolute atomic E-state index is 0.103. The standard InChI is InChI=1S/C15H23NO/c1-2-13-8-6-7-11-15(13,12-17)16-14-9-4-3-5-10-14/h3-5,9-10,13,16-17H,2,6-8,11-12H2,1H3. The topological polar surface area (TPSA) is 32.3 Å². The van der Waals surface area contributed by atoms with E-state index >= 15 is 0 Å². The minimum Gasteiger partial charge on any atom is -0.394 e. The van der Waals surface area contributed by atoms with E-state index in [4.69, 9.17) is 0 Å². The Kier molecular flexibility index (Phi) is 4.06. The molecule has 1 aromatic rings. The number of hydrogen-bond acceptors (Lipinski definition) is 2. The summed E-state index contributed by atoms with van der Waals surface area (Å²) in [5, 5.41) is 13.4. The van der Waals surface area contributed by atoms with Gasteiger partial charge in [-0.15, -0.1) is 0 Å². The van der Waals surface area contributed by atoms with E-state index in [1.165, 1.54) is 19.3 Å². The molecule has 1 saturated carbocycles. The molecule has 0 aromatic heterocycles. The van der Waals surface area contributed by atoms with Crippen LogP contribution < -0.4 is 5.32 Å². The zero-order valence-corrected chi connectivity index (χ0v) is 10.7. The van der Waals surface area contributed by atoms with Crippen molar-refractivity contribution in [3.05, 3.63) is 30.3 Å². The first kappa shape index (κ1) is 12.4. The molecule has 1 aliphatic carbocycles. The Labute approximate surface area is 104 Å². The van der Waals surface area contributed by atoms with E-state index in [0.717, 1.165) is 18.5 Å². The van der Waals surface area contributed by atoms with Crippen molar-refractivity contribution in [1.82, 2.24) is 0 Å². The number of hydrogen-bond donors (Lipinski definition) is 2. The number of nitrogens with one attached hydrogen (secondary N) is 1. The monoisotopic (exact) mass is 233 g/mol. The highest BCUT2D eigenvalue weighted by molar-refractivity contribution is 5.45. The van der Waals surface area contributed by atoms with Gasteiger partial charge in [0, 0.05) is 5.69 Å². The maximum atomic E-state index is 9.84. The van der Waals surface area contributed by atoms with Crippen molar-refractivity contribution in [2.24, 2.45) is 5.92 Å². The normalized spacial score (nSPS) is 28.9. The van der Waals surface area contributed by atoms with Gasteiger partial charge in [0.1, 0.15) is 0 Å². The molecule has 0 radical (unpaired) electrons. The summed E-state index contributed by atoms with van der Waals surface area (Å²) in [6, 6.07) is 10.3. The van der Waals surface area contributed by atoms with Gasteiger partial charge in [0.15, 0.2) is 0 Å². The molecule has 0 spiro atoms. The molecule has 1 fully saturated rings. The predicted molar refractivity (Wildman–Crippen MR) is 72.1 cm³/mol. The van der Waals surface area contributed by atoms with Gasteiger partial charge < -0.3 is 10.4 Å². The summed E-state index contributed by atoms with van der Waals surface area (Å²) in [6.45, 7) is 2.47. The zero-order chi connectivity index (χ0) is 12.1. The van der Waals surface area contributed by atoms with Crippen molar-refractivity contribution in [2.45, 2.75) is 44.6 Å². The largest absolute Gasteiger partial charge is 0.394 e. The van der Waals surface area contributed by atoms with E-state index in [1.807, 2.05) is 18.2 Å². The van der Waals surface area contributed by atoms with E-state index in [-0.39, 0.29) is 12.1 Å². The molecule has 1 aromatic carbocycles. The van der Waals surface area contributed by atoms with E-state index in [0.29, 0.717) is 5.92 Å². The number of benzene rings is 1. The fourth-order valence-corrected chi connectivity index (χ4v) is 3.13. The quantitative estimate of drug-likeness (QED) is 0.835. The van der Waals surface area contributed by atoms with Gasteiger partial charge in [-0.3, -0.25) is 0 Å². The molecule has 2 nitrogen and oxygen atoms in total. The van der Waals surface area contributed by atoms with Crippen LogP contribution in [0.2, 0.25) is 0 Å². The number of rotatable bonds is 4. The maximum Gasteiger partial charge on any atom is 0.0664 e. The summed E-state index contributed by atoms with van der Waals surface area (Å²) >= 11 is 0. The second-order valence-electron chi connectivity index (χ2n) is 5.16. The van der Waals surface area contributed by atoms with Gasteiger partial charge in [-0.1, -0.05) is 44.4 Å². The van der Waals surface area contributed by atoms with Crippen LogP contribution in [0.25, 0.3) is 0 Å². The van der Waals surface area contributed by atoms with E-state index in [1.54, 1.807) is 0 Å². The third-order valence-corrected chi connectivity index (χ3v) is 4.15. The molecule has 2 rings (SSSR count). The van der Waals surface area contributed by atoms with Crippen molar-refractivity contribution in [3.63, 3.8) is 0 Å². The fourth-order valence-electron chi connectivity index (χ4n) is 3.13. The molecule has 2 unspecified atom stereocenters. The average Bonchev–Trinajstić information content (AvgIpc) is 2.40. The summed E-state index contributed by atoms with van der Waals surface area (Å²) in [6.07, 6.45) is 5.97. The smallest absolute Gasteiger partial charge is 0.0664 e. The van der Waals surface area contributed by atoms with Gasteiger partial charge >= 0.3 is 0 Å². The average molecular weight is 233 g/mol. The zero-order valence-electron chi connectivity index (χ0n) is 10.7. The lowest BCUT2D eigenvalue weighted by atomic mass is 9.71. The molecule has 2 atom stereocenters. The summed E-state index contributed by atoms with van der Waals surface area (Å²) < 4.78 is 0. The minimum atomic E-state index is -0.103. The van der Waals surface area contributed by atoms with Crippen LogP contribution >= 0.6 is 0 Å². The van der Waals surface area contributed by atoms with Crippen LogP contribution in [0, 0.1) is 5.92 Å². The molecular formula is C15H23NO. The van der Waals surface area contributed by atoms with Crippen LogP contribution in [-0.2, 0) is 0 Å². The van der Waals surface area contributed by atoms with E-state index < -0.39 is 0 Å². The molecule has 1 aliphatic rings. The van der Waals surface area contributed by atoms with Crippen molar-refractivity contribution in [1.29, 1.82) is 0 Å². The second-order valence-corrected chi connectivity index (χ2v) is 5.16. The molecule has 0 aliphatic heterocycles. The fraction of sp³-hybridized carbons (Fsp3) is 0.600. The van der Waals surface area contributed by atoms with Gasteiger partial charge in [0.25, 0.3) is 0 Å². The van der Waals surface area contributed by atoms with Gasteiger partial charge in [-0.05, 0) is 30.9 Å². The highest BCUT2D eigenvalue weighted by Crippen LogP contribution is 2.38. The maximum absolute atomic E-state index is 9.84. The number of para-hydroxylation sites is 1. The lowest BCUT2D eigenvalue weighted by Gasteiger charge is -2.44. The number of anilines is 1.